The van der Waals surface area contributed by atoms with Crippen LogP contribution in [0.15, 0.2) is 0 Å². The second kappa shape index (κ2) is 5.28. The predicted octanol–water partition coefficient (Wildman–Crippen LogP) is 0.604. The summed E-state index contributed by atoms with van der Waals surface area (Å²) < 4.78 is 2.10. The van der Waals surface area contributed by atoms with E-state index in [0.29, 0.717) is 6.54 Å². The number of fused-ring (bicyclic) bond motifs is 1. The van der Waals surface area contributed by atoms with Crippen molar-refractivity contribution < 1.29 is 4.79 Å². The Morgan fingerprint density at radius 2 is 2.16 bits per heavy atom. The van der Waals surface area contributed by atoms with Crippen molar-refractivity contribution in [3.63, 3.8) is 0 Å². The first kappa shape index (κ1) is 14.0. The number of amides is 1. The molecule has 2 rings (SSSR count). The molecule has 1 amide bonds. The maximum Gasteiger partial charge on any atom is 0.237 e. The van der Waals surface area contributed by atoms with Gasteiger partial charge in [0.15, 0.2) is 5.82 Å². The van der Waals surface area contributed by atoms with Crippen LogP contribution in [0, 0.1) is 5.41 Å². The highest BCUT2D eigenvalue weighted by atomic mass is 16.2. The van der Waals surface area contributed by atoms with Gasteiger partial charge in [-0.05, 0) is 18.3 Å². The van der Waals surface area contributed by atoms with E-state index in [9.17, 15) is 4.79 Å². The van der Waals surface area contributed by atoms with Crippen LogP contribution in [-0.2, 0) is 24.3 Å². The van der Waals surface area contributed by atoms with E-state index in [-0.39, 0.29) is 11.3 Å². The number of rotatable bonds is 3. The van der Waals surface area contributed by atoms with Gasteiger partial charge >= 0.3 is 0 Å². The fourth-order valence-electron chi connectivity index (χ4n) is 2.17. The van der Waals surface area contributed by atoms with Crippen LogP contribution in [0.5, 0.6) is 0 Å². The molecule has 2 heterocycles. The van der Waals surface area contributed by atoms with Gasteiger partial charge in [0.05, 0.1) is 12.6 Å². The molecule has 106 valence electrons. The zero-order valence-corrected chi connectivity index (χ0v) is 11.9. The summed E-state index contributed by atoms with van der Waals surface area (Å²) in [7, 11) is 0. The molecule has 1 aliphatic rings. The van der Waals surface area contributed by atoms with Gasteiger partial charge in [-0.1, -0.05) is 20.8 Å². The van der Waals surface area contributed by atoms with Crippen molar-refractivity contribution in [2.75, 3.05) is 0 Å². The van der Waals surface area contributed by atoms with E-state index in [0.717, 1.165) is 31.0 Å². The Labute approximate surface area is 113 Å². The molecule has 0 fully saturated rings. The summed E-state index contributed by atoms with van der Waals surface area (Å²) in [5.41, 5.74) is 5.67. The number of carbonyl (C=O) groups excluding carboxylic acids is 1. The van der Waals surface area contributed by atoms with Gasteiger partial charge in [0.1, 0.15) is 5.82 Å². The van der Waals surface area contributed by atoms with Gasteiger partial charge in [0, 0.05) is 13.0 Å². The Balaban J connectivity index is 1.96. The molecular formula is C13H23N5O. The van der Waals surface area contributed by atoms with E-state index in [1.807, 2.05) is 20.8 Å². The molecule has 1 aromatic rings. The van der Waals surface area contributed by atoms with E-state index in [4.69, 9.17) is 5.73 Å². The summed E-state index contributed by atoms with van der Waals surface area (Å²) in [5, 5.41) is 11.2. The Kier molecular flexibility index (Phi) is 3.89. The van der Waals surface area contributed by atoms with Crippen LogP contribution < -0.4 is 11.1 Å². The Bertz CT molecular complexity index is 460. The minimum Gasteiger partial charge on any atom is -0.347 e. The molecule has 0 saturated heterocycles. The van der Waals surface area contributed by atoms with Gasteiger partial charge in [-0.15, -0.1) is 10.2 Å². The average molecular weight is 265 g/mol. The van der Waals surface area contributed by atoms with E-state index in [1.165, 1.54) is 6.42 Å². The first-order valence-electron chi connectivity index (χ1n) is 6.84. The quantitative estimate of drug-likeness (QED) is 0.838. The molecule has 1 aromatic heterocycles. The van der Waals surface area contributed by atoms with Crippen LogP contribution >= 0.6 is 0 Å². The van der Waals surface area contributed by atoms with Crippen molar-refractivity contribution >= 4 is 5.91 Å². The van der Waals surface area contributed by atoms with E-state index in [2.05, 4.69) is 20.1 Å². The van der Waals surface area contributed by atoms with Crippen LogP contribution in [-0.4, -0.2) is 26.7 Å². The van der Waals surface area contributed by atoms with E-state index in [1.54, 1.807) is 0 Å². The highest BCUT2D eigenvalue weighted by molar-refractivity contribution is 5.82. The van der Waals surface area contributed by atoms with Crippen molar-refractivity contribution in [1.82, 2.24) is 20.1 Å². The largest absolute Gasteiger partial charge is 0.347 e. The monoisotopic (exact) mass is 265 g/mol. The van der Waals surface area contributed by atoms with E-state index >= 15 is 0 Å². The number of nitrogens with zero attached hydrogens (tertiary/aromatic N) is 3. The summed E-state index contributed by atoms with van der Waals surface area (Å²) in [6, 6.07) is -0.517. The molecule has 0 aromatic carbocycles. The fraction of sp³-hybridized carbons (Fsp3) is 0.769. The molecule has 0 radical (unpaired) electrons. The van der Waals surface area contributed by atoms with Crippen molar-refractivity contribution in [3.05, 3.63) is 11.6 Å². The molecular weight excluding hydrogens is 242 g/mol. The maximum atomic E-state index is 12.0. The third-order valence-electron chi connectivity index (χ3n) is 3.57. The smallest absolute Gasteiger partial charge is 0.237 e. The summed E-state index contributed by atoms with van der Waals surface area (Å²) in [6.45, 7) is 7.21. The lowest BCUT2D eigenvalue weighted by Crippen LogP contribution is -2.48. The molecule has 0 unspecified atom stereocenters. The highest BCUT2D eigenvalue weighted by Crippen LogP contribution is 2.17. The molecule has 6 heteroatoms. The van der Waals surface area contributed by atoms with Crippen LogP contribution in [0.2, 0.25) is 0 Å². The number of nitrogens with two attached hydrogens (primary N) is 1. The normalized spacial score (nSPS) is 16.8. The van der Waals surface area contributed by atoms with Gasteiger partial charge in [-0.3, -0.25) is 4.79 Å². The van der Waals surface area contributed by atoms with Crippen molar-refractivity contribution in [3.8, 4) is 0 Å². The Hall–Kier alpha value is -1.43. The van der Waals surface area contributed by atoms with Crippen LogP contribution in [0.1, 0.15) is 45.3 Å². The molecule has 1 aliphatic heterocycles. The average Bonchev–Trinajstić information content (AvgIpc) is 2.77. The number of aryl methyl sites for hydroxylation is 1. The molecule has 1 atom stereocenters. The second-order valence-electron chi connectivity index (χ2n) is 6.20. The van der Waals surface area contributed by atoms with Crippen LogP contribution in [0.25, 0.3) is 0 Å². The topological polar surface area (TPSA) is 85.8 Å². The molecule has 0 aliphatic carbocycles. The zero-order chi connectivity index (χ0) is 14.0. The maximum absolute atomic E-state index is 12.0. The third kappa shape index (κ3) is 3.12. The first-order valence-corrected chi connectivity index (χ1v) is 6.84. The fourth-order valence-corrected chi connectivity index (χ4v) is 2.17. The highest BCUT2D eigenvalue weighted by Gasteiger charge is 2.27. The van der Waals surface area contributed by atoms with Gasteiger partial charge in [0.25, 0.3) is 0 Å². The minimum absolute atomic E-state index is 0.138. The Morgan fingerprint density at radius 3 is 2.84 bits per heavy atom. The zero-order valence-electron chi connectivity index (χ0n) is 11.9. The number of carbonyl (C=O) groups is 1. The van der Waals surface area contributed by atoms with Crippen LogP contribution in [0.3, 0.4) is 0 Å². The first-order chi connectivity index (χ1) is 8.89. The number of aromatic nitrogens is 3. The summed E-state index contributed by atoms with van der Waals surface area (Å²) >= 11 is 0. The summed E-state index contributed by atoms with van der Waals surface area (Å²) in [4.78, 5) is 12.0. The van der Waals surface area contributed by atoms with E-state index < -0.39 is 6.04 Å². The van der Waals surface area contributed by atoms with Crippen molar-refractivity contribution in [2.45, 2.75) is 59.2 Å². The minimum atomic E-state index is -0.517. The molecule has 0 saturated carbocycles. The van der Waals surface area contributed by atoms with Gasteiger partial charge in [0.2, 0.25) is 5.91 Å². The van der Waals surface area contributed by atoms with Gasteiger partial charge in [-0.2, -0.15) is 0 Å². The van der Waals surface area contributed by atoms with Crippen LogP contribution in [0.4, 0.5) is 0 Å². The third-order valence-corrected chi connectivity index (χ3v) is 3.57. The summed E-state index contributed by atoms with van der Waals surface area (Å²) in [6.07, 6.45) is 3.29. The van der Waals surface area contributed by atoms with Crippen molar-refractivity contribution in [1.29, 1.82) is 0 Å². The lowest BCUT2D eigenvalue weighted by atomic mass is 9.87. The lowest BCUT2D eigenvalue weighted by molar-refractivity contribution is -0.124. The number of hydrogen-bond acceptors (Lipinski definition) is 4. The summed E-state index contributed by atoms with van der Waals surface area (Å²) in [5.74, 6) is 1.71. The predicted molar refractivity (Wildman–Crippen MR) is 72.2 cm³/mol. The molecule has 19 heavy (non-hydrogen) atoms. The standard InChI is InChI=1S/C13H23N5O/c1-13(2,3)11(14)12(19)15-8-10-17-16-9-6-4-5-7-18(9)10/h11H,4-8,14H2,1-3H3,(H,15,19)/t11-/m1/s1. The Morgan fingerprint density at radius 1 is 1.42 bits per heavy atom. The van der Waals surface area contributed by atoms with Gasteiger partial charge in [-0.25, -0.2) is 0 Å². The molecule has 3 N–H and O–H groups in total. The molecule has 6 nitrogen and oxygen atoms in total. The number of nitrogens with one attached hydrogen (secondary N) is 1. The second-order valence-corrected chi connectivity index (χ2v) is 6.20. The SMILES string of the molecule is CC(C)(C)[C@H](N)C(=O)NCc1nnc2n1CCCC2. The lowest BCUT2D eigenvalue weighted by Gasteiger charge is -2.25. The van der Waals surface area contributed by atoms with Gasteiger partial charge < -0.3 is 15.6 Å². The molecule has 0 bridgehead atoms. The van der Waals surface area contributed by atoms with Crippen molar-refractivity contribution in [2.24, 2.45) is 11.1 Å². The number of hydrogen-bond donors (Lipinski definition) is 2. The molecule has 0 spiro atoms.